The molecule has 112 valence electrons. The van der Waals surface area contributed by atoms with E-state index in [-0.39, 0.29) is 17.9 Å². The number of hydrogen-bond donors (Lipinski definition) is 1. The fourth-order valence-electron chi connectivity index (χ4n) is 3.03. The molecule has 1 N–H and O–H groups in total. The van der Waals surface area contributed by atoms with Crippen LogP contribution in [-0.2, 0) is 9.59 Å². The molecular weight excluding hydrogens is 264 g/mol. The smallest absolute Gasteiger partial charge is 0.250 e. The number of nitrogens with one attached hydrogen (secondary N) is 1. The van der Waals surface area contributed by atoms with E-state index in [1.54, 1.807) is 4.90 Å². The minimum Gasteiger partial charge on any atom is -0.339 e. The van der Waals surface area contributed by atoms with Crippen molar-refractivity contribution in [3.8, 4) is 0 Å². The number of benzene rings is 1. The van der Waals surface area contributed by atoms with Gasteiger partial charge < -0.3 is 10.2 Å². The summed E-state index contributed by atoms with van der Waals surface area (Å²) in [6, 6.07) is 8.67. The zero-order chi connectivity index (χ0) is 14.8. The van der Waals surface area contributed by atoms with Gasteiger partial charge in [-0.25, -0.2) is 0 Å². The standard InChI is InChI=1S/C17H22N2O2/c1-2-14-16(20)18-15(13-6-4-3-5-7-13)17(21)19(14)11-10-12-8-9-12/h3-7,12,14-15H,2,8-11H2,1H3,(H,18,20). The van der Waals surface area contributed by atoms with Crippen molar-refractivity contribution in [2.75, 3.05) is 6.54 Å². The molecule has 0 spiro atoms. The number of amides is 2. The maximum atomic E-state index is 12.8. The fraction of sp³-hybridized carbons (Fsp3) is 0.529. The lowest BCUT2D eigenvalue weighted by molar-refractivity contribution is -0.149. The maximum absolute atomic E-state index is 12.8. The third kappa shape index (κ3) is 2.94. The van der Waals surface area contributed by atoms with Gasteiger partial charge >= 0.3 is 0 Å². The molecule has 2 amide bonds. The molecule has 0 radical (unpaired) electrons. The second-order valence-electron chi connectivity index (χ2n) is 6.04. The lowest BCUT2D eigenvalue weighted by Gasteiger charge is -2.39. The predicted molar refractivity (Wildman–Crippen MR) is 80.5 cm³/mol. The summed E-state index contributed by atoms with van der Waals surface area (Å²) in [5.74, 6) is 0.769. The lowest BCUT2D eigenvalue weighted by Crippen LogP contribution is -2.59. The van der Waals surface area contributed by atoms with Crippen LogP contribution in [0.15, 0.2) is 30.3 Å². The van der Waals surface area contributed by atoms with Gasteiger partial charge in [0.05, 0.1) is 0 Å². The molecular formula is C17H22N2O2. The number of rotatable bonds is 5. The SMILES string of the molecule is CCC1C(=O)NC(c2ccccc2)C(=O)N1CCC1CC1. The Morgan fingerprint density at radius 3 is 2.52 bits per heavy atom. The second-order valence-corrected chi connectivity index (χ2v) is 6.04. The summed E-state index contributed by atoms with van der Waals surface area (Å²) in [5, 5.41) is 2.89. The van der Waals surface area contributed by atoms with Gasteiger partial charge in [-0.1, -0.05) is 50.1 Å². The number of nitrogens with zero attached hydrogens (tertiary/aromatic N) is 1. The quantitative estimate of drug-likeness (QED) is 0.902. The van der Waals surface area contributed by atoms with Crippen molar-refractivity contribution in [1.29, 1.82) is 0 Å². The van der Waals surface area contributed by atoms with Crippen molar-refractivity contribution in [2.24, 2.45) is 5.92 Å². The van der Waals surface area contributed by atoms with E-state index in [1.165, 1.54) is 12.8 Å². The molecule has 2 fully saturated rings. The van der Waals surface area contributed by atoms with E-state index in [4.69, 9.17) is 0 Å². The number of carbonyl (C=O) groups excluding carboxylic acids is 2. The molecule has 1 aromatic carbocycles. The normalized spacial score (nSPS) is 25.9. The molecule has 2 unspecified atom stereocenters. The van der Waals surface area contributed by atoms with Gasteiger partial charge in [0.25, 0.3) is 0 Å². The highest BCUT2D eigenvalue weighted by atomic mass is 16.2. The fourth-order valence-corrected chi connectivity index (χ4v) is 3.03. The largest absolute Gasteiger partial charge is 0.339 e. The summed E-state index contributed by atoms with van der Waals surface area (Å²) in [5.41, 5.74) is 0.863. The van der Waals surface area contributed by atoms with Crippen molar-refractivity contribution < 1.29 is 9.59 Å². The van der Waals surface area contributed by atoms with Crippen LogP contribution < -0.4 is 5.32 Å². The molecule has 3 rings (SSSR count). The van der Waals surface area contributed by atoms with Gasteiger partial charge in [0.2, 0.25) is 11.8 Å². The highest BCUT2D eigenvalue weighted by Crippen LogP contribution is 2.33. The van der Waals surface area contributed by atoms with Gasteiger partial charge in [-0.2, -0.15) is 0 Å². The zero-order valence-electron chi connectivity index (χ0n) is 12.4. The van der Waals surface area contributed by atoms with Gasteiger partial charge in [0.15, 0.2) is 0 Å². The van der Waals surface area contributed by atoms with E-state index in [2.05, 4.69) is 5.32 Å². The number of carbonyl (C=O) groups is 2. The summed E-state index contributed by atoms with van der Waals surface area (Å²) >= 11 is 0. The molecule has 0 bridgehead atoms. The molecule has 4 heteroatoms. The first kappa shape index (κ1) is 14.1. The van der Waals surface area contributed by atoms with Gasteiger partial charge in [0.1, 0.15) is 12.1 Å². The van der Waals surface area contributed by atoms with Crippen LogP contribution in [0.5, 0.6) is 0 Å². The van der Waals surface area contributed by atoms with Crippen LogP contribution >= 0.6 is 0 Å². The zero-order valence-corrected chi connectivity index (χ0v) is 12.4. The minimum atomic E-state index is -0.527. The first-order valence-electron chi connectivity index (χ1n) is 7.86. The van der Waals surface area contributed by atoms with E-state index in [0.29, 0.717) is 13.0 Å². The van der Waals surface area contributed by atoms with Crippen LogP contribution in [0.4, 0.5) is 0 Å². The van der Waals surface area contributed by atoms with E-state index in [0.717, 1.165) is 17.9 Å². The lowest BCUT2D eigenvalue weighted by atomic mass is 9.98. The van der Waals surface area contributed by atoms with E-state index in [1.807, 2.05) is 37.3 Å². The summed E-state index contributed by atoms with van der Waals surface area (Å²) in [6.45, 7) is 2.67. The maximum Gasteiger partial charge on any atom is 0.250 e. The highest BCUT2D eigenvalue weighted by Gasteiger charge is 2.40. The Bertz CT molecular complexity index is 525. The van der Waals surface area contributed by atoms with Crippen LogP contribution in [0.3, 0.4) is 0 Å². The Hall–Kier alpha value is -1.84. The van der Waals surface area contributed by atoms with Gasteiger partial charge in [0, 0.05) is 6.54 Å². The average Bonchev–Trinajstić information content (AvgIpc) is 3.32. The van der Waals surface area contributed by atoms with E-state index in [9.17, 15) is 9.59 Å². The number of hydrogen-bond acceptors (Lipinski definition) is 2. The minimum absolute atomic E-state index is 0.0262. The Balaban J connectivity index is 1.80. The first-order chi connectivity index (χ1) is 10.2. The molecule has 2 atom stereocenters. The first-order valence-corrected chi connectivity index (χ1v) is 7.86. The molecule has 21 heavy (non-hydrogen) atoms. The Morgan fingerprint density at radius 1 is 1.19 bits per heavy atom. The summed E-state index contributed by atoms with van der Waals surface area (Å²) in [7, 11) is 0. The van der Waals surface area contributed by atoms with Crippen molar-refractivity contribution in [3.63, 3.8) is 0 Å². The van der Waals surface area contributed by atoms with Crippen molar-refractivity contribution in [2.45, 2.75) is 44.7 Å². The van der Waals surface area contributed by atoms with E-state index < -0.39 is 6.04 Å². The van der Waals surface area contributed by atoms with Crippen molar-refractivity contribution >= 4 is 11.8 Å². The molecule has 1 aromatic rings. The van der Waals surface area contributed by atoms with Crippen LogP contribution in [0.25, 0.3) is 0 Å². The van der Waals surface area contributed by atoms with Gasteiger partial charge in [-0.15, -0.1) is 0 Å². The summed E-state index contributed by atoms with van der Waals surface area (Å²) in [6.07, 6.45) is 4.24. The summed E-state index contributed by atoms with van der Waals surface area (Å²) in [4.78, 5) is 26.9. The molecule has 1 aliphatic carbocycles. The predicted octanol–water partition coefficient (Wildman–Crippen LogP) is 2.26. The highest BCUT2D eigenvalue weighted by molar-refractivity contribution is 5.97. The third-order valence-corrected chi connectivity index (χ3v) is 4.49. The van der Waals surface area contributed by atoms with Crippen LogP contribution in [0, 0.1) is 5.92 Å². The van der Waals surface area contributed by atoms with Crippen LogP contribution in [0.1, 0.15) is 44.2 Å². The third-order valence-electron chi connectivity index (χ3n) is 4.49. The van der Waals surface area contributed by atoms with Crippen molar-refractivity contribution in [1.82, 2.24) is 10.2 Å². The molecule has 1 heterocycles. The molecule has 2 aliphatic rings. The molecule has 1 saturated heterocycles. The Kier molecular flexibility index (Phi) is 3.95. The Morgan fingerprint density at radius 2 is 1.90 bits per heavy atom. The molecule has 1 aliphatic heterocycles. The monoisotopic (exact) mass is 286 g/mol. The Labute approximate surface area is 125 Å². The van der Waals surface area contributed by atoms with Crippen molar-refractivity contribution in [3.05, 3.63) is 35.9 Å². The molecule has 4 nitrogen and oxygen atoms in total. The molecule has 0 aromatic heterocycles. The number of piperazine rings is 1. The second kappa shape index (κ2) is 5.88. The average molecular weight is 286 g/mol. The van der Waals surface area contributed by atoms with Gasteiger partial charge in [-0.3, -0.25) is 9.59 Å². The van der Waals surface area contributed by atoms with Gasteiger partial charge in [-0.05, 0) is 24.3 Å². The van der Waals surface area contributed by atoms with Crippen LogP contribution in [-0.4, -0.2) is 29.3 Å². The van der Waals surface area contributed by atoms with E-state index >= 15 is 0 Å². The van der Waals surface area contributed by atoms with Crippen LogP contribution in [0.2, 0.25) is 0 Å². The topological polar surface area (TPSA) is 49.4 Å². The summed E-state index contributed by atoms with van der Waals surface area (Å²) < 4.78 is 0. The molecule has 1 saturated carbocycles.